The maximum atomic E-state index is 12.1. The van der Waals surface area contributed by atoms with E-state index in [1.165, 1.54) is 0 Å². The van der Waals surface area contributed by atoms with E-state index in [2.05, 4.69) is 15.7 Å². The number of carbonyl (C=O) groups excluding carboxylic acids is 1. The van der Waals surface area contributed by atoms with Gasteiger partial charge < -0.3 is 10.6 Å². The molecule has 1 atom stereocenters. The average Bonchev–Trinajstić information content (AvgIpc) is 2.82. The summed E-state index contributed by atoms with van der Waals surface area (Å²) in [5.74, 6) is -0.0175. The molecule has 2 rings (SSSR count). The van der Waals surface area contributed by atoms with Crippen molar-refractivity contribution in [3.05, 3.63) is 47.8 Å². The molecule has 0 aliphatic rings. The Morgan fingerprint density at radius 3 is 2.57 bits per heavy atom. The van der Waals surface area contributed by atoms with Crippen LogP contribution in [-0.4, -0.2) is 28.8 Å². The van der Waals surface area contributed by atoms with Gasteiger partial charge in [0.05, 0.1) is 5.69 Å². The predicted molar refractivity (Wildman–Crippen MR) is 84.4 cm³/mol. The first kappa shape index (κ1) is 15.1. The van der Waals surface area contributed by atoms with Crippen LogP contribution in [0.4, 0.5) is 5.69 Å². The zero-order valence-corrected chi connectivity index (χ0v) is 12.8. The zero-order valence-electron chi connectivity index (χ0n) is 12.8. The van der Waals surface area contributed by atoms with E-state index >= 15 is 0 Å². The maximum Gasteiger partial charge on any atom is 0.244 e. The molecule has 21 heavy (non-hydrogen) atoms. The number of anilines is 1. The lowest BCUT2D eigenvalue weighted by Crippen LogP contribution is -2.34. The Bertz CT molecular complexity index is 592. The molecular formula is C16H22N4O. The van der Waals surface area contributed by atoms with Gasteiger partial charge in [0.1, 0.15) is 6.04 Å². The molecule has 0 spiro atoms. The van der Waals surface area contributed by atoms with E-state index in [1.54, 1.807) is 4.68 Å². The van der Waals surface area contributed by atoms with Crippen LogP contribution in [0.15, 0.2) is 36.4 Å². The zero-order chi connectivity index (χ0) is 15.2. The molecule has 2 aromatic rings. The molecule has 0 aliphatic heterocycles. The number of hydrogen-bond donors (Lipinski definition) is 2. The molecule has 0 saturated heterocycles. The van der Waals surface area contributed by atoms with Crippen molar-refractivity contribution in [3.63, 3.8) is 0 Å². The largest absolute Gasteiger partial charge is 0.383 e. The molecule has 0 saturated carbocycles. The fourth-order valence-corrected chi connectivity index (χ4v) is 2.25. The lowest BCUT2D eigenvalue weighted by atomic mass is 10.3. The molecule has 112 valence electrons. The second-order valence-electron chi connectivity index (χ2n) is 5.13. The summed E-state index contributed by atoms with van der Waals surface area (Å²) in [4.78, 5) is 12.1. The number of hydrogen-bond acceptors (Lipinski definition) is 3. The first-order valence-corrected chi connectivity index (χ1v) is 7.17. The molecule has 0 bridgehead atoms. The second-order valence-corrected chi connectivity index (χ2v) is 5.13. The number of nitrogens with zero attached hydrogens (tertiary/aromatic N) is 2. The Balaban J connectivity index is 1.78. The van der Waals surface area contributed by atoms with E-state index in [0.29, 0.717) is 13.1 Å². The minimum atomic E-state index is -0.296. The van der Waals surface area contributed by atoms with Crippen molar-refractivity contribution >= 4 is 11.6 Å². The number of aromatic nitrogens is 2. The maximum absolute atomic E-state index is 12.1. The number of carbonyl (C=O) groups is 1. The summed E-state index contributed by atoms with van der Waals surface area (Å²) < 4.78 is 1.76. The lowest BCUT2D eigenvalue weighted by Gasteiger charge is -2.15. The van der Waals surface area contributed by atoms with Crippen molar-refractivity contribution in [1.29, 1.82) is 0 Å². The molecule has 0 aliphatic carbocycles. The van der Waals surface area contributed by atoms with Crippen molar-refractivity contribution in [3.8, 4) is 0 Å². The molecule has 1 aromatic heterocycles. The van der Waals surface area contributed by atoms with Crippen molar-refractivity contribution < 1.29 is 4.79 Å². The highest BCUT2D eigenvalue weighted by molar-refractivity contribution is 5.79. The Labute approximate surface area is 125 Å². The Morgan fingerprint density at radius 1 is 1.24 bits per heavy atom. The highest BCUT2D eigenvalue weighted by atomic mass is 16.2. The van der Waals surface area contributed by atoms with Crippen molar-refractivity contribution in [2.75, 3.05) is 18.4 Å². The lowest BCUT2D eigenvalue weighted by molar-refractivity contribution is -0.124. The fourth-order valence-electron chi connectivity index (χ4n) is 2.25. The number of amides is 1. The Hall–Kier alpha value is -2.30. The van der Waals surface area contributed by atoms with Crippen LogP contribution in [0, 0.1) is 13.8 Å². The first-order valence-electron chi connectivity index (χ1n) is 7.17. The highest BCUT2D eigenvalue weighted by Crippen LogP contribution is 2.10. The number of nitrogens with one attached hydrogen (secondary N) is 2. The molecule has 0 fully saturated rings. The van der Waals surface area contributed by atoms with Gasteiger partial charge >= 0.3 is 0 Å². The fraction of sp³-hybridized carbons (Fsp3) is 0.375. The van der Waals surface area contributed by atoms with Crippen LogP contribution in [0.2, 0.25) is 0 Å². The van der Waals surface area contributed by atoms with Crippen molar-refractivity contribution in [2.45, 2.75) is 26.8 Å². The van der Waals surface area contributed by atoms with Gasteiger partial charge in [0.2, 0.25) is 5.91 Å². The third-order valence-electron chi connectivity index (χ3n) is 3.32. The quantitative estimate of drug-likeness (QED) is 0.801. The molecule has 1 unspecified atom stereocenters. The molecule has 1 heterocycles. The topological polar surface area (TPSA) is 59.0 Å². The second kappa shape index (κ2) is 6.92. The van der Waals surface area contributed by atoms with Crippen LogP contribution < -0.4 is 10.6 Å². The summed E-state index contributed by atoms with van der Waals surface area (Å²) in [5, 5.41) is 10.5. The van der Waals surface area contributed by atoms with E-state index in [4.69, 9.17) is 0 Å². The standard InChI is InChI=1S/C16H22N4O/c1-12-11-13(2)20(19-12)14(3)16(21)18-10-9-17-15-7-5-4-6-8-15/h4-8,11,14,17H,9-10H2,1-3H3,(H,18,21). The molecule has 5 heteroatoms. The Morgan fingerprint density at radius 2 is 1.95 bits per heavy atom. The minimum absolute atomic E-state index is 0.0175. The highest BCUT2D eigenvalue weighted by Gasteiger charge is 2.16. The summed E-state index contributed by atoms with van der Waals surface area (Å²) in [7, 11) is 0. The van der Waals surface area contributed by atoms with Gasteiger partial charge in [0, 0.05) is 24.5 Å². The molecular weight excluding hydrogens is 264 g/mol. The number of aryl methyl sites for hydroxylation is 2. The summed E-state index contributed by atoms with van der Waals surface area (Å²) in [6.07, 6.45) is 0. The van der Waals surface area contributed by atoms with Crippen LogP contribution in [0.5, 0.6) is 0 Å². The van der Waals surface area contributed by atoms with Crippen LogP contribution >= 0.6 is 0 Å². The normalized spacial score (nSPS) is 12.0. The monoisotopic (exact) mass is 286 g/mol. The van der Waals surface area contributed by atoms with Crippen molar-refractivity contribution in [2.24, 2.45) is 0 Å². The van der Waals surface area contributed by atoms with Crippen LogP contribution in [-0.2, 0) is 4.79 Å². The van der Waals surface area contributed by atoms with E-state index in [1.807, 2.05) is 57.2 Å². The van der Waals surface area contributed by atoms with Gasteiger partial charge in [0.25, 0.3) is 0 Å². The summed E-state index contributed by atoms with van der Waals surface area (Å²) in [6.45, 7) is 7.02. The van der Waals surface area contributed by atoms with Crippen LogP contribution in [0.1, 0.15) is 24.4 Å². The smallest absolute Gasteiger partial charge is 0.244 e. The first-order chi connectivity index (χ1) is 10.1. The van der Waals surface area contributed by atoms with E-state index in [-0.39, 0.29) is 11.9 Å². The van der Waals surface area contributed by atoms with E-state index in [9.17, 15) is 4.79 Å². The van der Waals surface area contributed by atoms with E-state index < -0.39 is 0 Å². The summed E-state index contributed by atoms with van der Waals surface area (Å²) >= 11 is 0. The molecule has 5 nitrogen and oxygen atoms in total. The molecule has 0 radical (unpaired) electrons. The summed E-state index contributed by atoms with van der Waals surface area (Å²) in [5.41, 5.74) is 2.98. The van der Waals surface area contributed by atoms with Crippen LogP contribution in [0.25, 0.3) is 0 Å². The Kier molecular flexibility index (Phi) is 4.98. The average molecular weight is 286 g/mol. The van der Waals surface area contributed by atoms with Gasteiger partial charge in [0.15, 0.2) is 0 Å². The van der Waals surface area contributed by atoms with E-state index in [0.717, 1.165) is 17.1 Å². The van der Waals surface area contributed by atoms with Gasteiger partial charge in [-0.25, -0.2) is 0 Å². The predicted octanol–water partition coefficient (Wildman–Crippen LogP) is 2.29. The van der Waals surface area contributed by atoms with Gasteiger partial charge in [-0.1, -0.05) is 18.2 Å². The van der Waals surface area contributed by atoms with Gasteiger partial charge in [-0.05, 0) is 39.0 Å². The van der Waals surface area contributed by atoms with Gasteiger partial charge in [-0.2, -0.15) is 5.10 Å². The van der Waals surface area contributed by atoms with Crippen molar-refractivity contribution in [1.82, 2.24) is 15.1 Å². The minimum Gasteiger partial charge on any atom is -0.383 e. The summed E-state index contributed by atoms with van der Waals surface area (Å²) in [6, 6.07) is 11.6. The molecule has 1 amide bonds. The number of benzene rings is 1. The van der Waals surface area contributed by atoms with Crippen LogP contribution in [0.3, 0.4) is 0 Å². The van der Waals surface area contributed by atoms with Gasteiger partial charge in [-0.15, -0.1) is 0 Å². The third kappa shape index (κ3) is 4.08. The third-order valence-corrected chi connectivity index (χ3v) is 3.32. The SMILES string of the molecule is Cc1cc(C)n(C(C)C(=O)NCCNc2ccccc2)n1. The number of para-hydroxylation sites is 1. The molecule has 1 aromatic carbocycles. The molecule has 2 N–H and O–H groups in total. The number of rotatable bonds is 6. The van der Waals surface area contributed by atoms with Gasteiger partial charge in [-0.3, -0.25) is 9.48 Å².